The van der Waals surface area contributed by atoms with Crippen LogP contribution in [0.4, 0.5) is 8.78 Å². The van der Waals surface area contributed by atoms with E-state index >= 15 is 0 Å². The molecule has 4 nitrogen and oxygen atoms in total. The van der Waals surface area contributed by atoms with Crippen LogP contribution in [-0.4, -0.2) is 24.0 Å². The first-order valence-corrected chi connectivity index (χ1v) is 7.82. The second kappa shape index (κ2) is 8.25. The van der Waals surface area contributed by atoms with E-state index in [-0.39, 0.29) is 17.7 Å². The fourth-order valence-electron chi connectivity index (χ4n) is 2.55. The third-order valence-corrected chi connectivity index (χ3v) is 3.92. The summed E-state index contributed by atoms with van der Waals surface area (Å²) in [4.78, 5) is 14.4. The number of carbonyl (C=O) groups is 1. The summed E-state index contributed by atoms with van der Waals surface area (Å²) >= 11 is 0. The van der Waals surface area contributed by atoms with Crippen LogP contribution in [0.5, 0.6) is 5.75 Å². The van der Waals surface area contributed by atoms with Crippen LogP contribution >= 0.6 is 0 Å². The molecule has 0 radical (unpaired) electrons. The average Bonchev–Trinajstić information content (AvgIpc) is 2.62. The average molecular weight is 344 g/mol. The van der Waals surface area contributed by atoms with E-state index in [0.717, 1.165) is 5.56 Å². The van der Waals surface area contributed by atoms with Gasteiger partial charge in [-0.3, -0.25) is 4.79 Å². The Morgan fingerprint density at radius 2 is 1.76 bits per heavy atom. The molecule has 0 aromatic heterocycles. The molecule has 1 atom stereocenters. The topological polar surface area (TPSA) is 53.3 Å². The van der Waals surface area contributed by atoms with Crippen molar-refractivity contribution in [2.24, 2.45) is 0 Å². The van der Waals surface area contributed by atoms with Gasteiger partial charge in [0.1, 0.15) is 5.75 Å². The smallest absolute Gasteiger partial charge is 0.387 e. The van der Waals surface area contributed by atoms with Crippen molar-refractivity contribution in [3.05, 3.63) is 65.2 Å². The van der Waals surface area contributed by atoms with E-state index in [1.54, 1.807) is 17.0 Å². The van der Waals surface area contributed by atoms with Crippen LogP contribution in [-0.2, 0) is 0 Å². The lowest BCUT2D eigenvalue weighted by Crippen LogP contribution is -2.33. The highest BCUT2D eigenvalue weighted by Crippen LogP contribution is 2.23. The van der Waals surface area contributed by atoms with Crippen LogP contribution in [0.15, 0.2) is 48.5 Å². The van der Waals surface area contributed by atoms with E-state index in [9.17, 15) is 13.6 Å². The molecular weight excluding hydrogens is 326 g/mol. The molecule has 6 heteroatoms. The van der Waals surface area contributed by atoms with Gasteiger partial charge in [0.25, 0.3) is 5.91 Å². The van der Waals surface area contributed by atoms with Crippen molar-refractivity contribution in [2.45, 2.75) is 26.5 Å². The standard InChI is InChI=1S/C19H18F2N2O2/c1-3-23(13(2)15-6-4-14(12-22)5-7-15)18(24)16-8-10-17(11-9-16)25-19(20)21/h4-11,13,19H,3H2,1-2H3. The van der Waals surface area contributed by atoms with Gasteiger partial charge in [-0.05, 0) is 55.8 Å². The second-order valence-electron chi connectivity index (χ2n) is 5.40. The first-order valence-electron chi connectivity index (χ1n) is 7.82. The van der Waals surface area contributed by atoms with Crippen molar-refractivity contribution in [1.82, 2.24) is 4.90 Å². The SMILES string of the molecule is CCN(C(=O)c1ccc(OC(F)F)cc1)C(C)c1ccc(C#N)cc1. The Bertz CT molecular complexity index is 752. The number of amides is 1. The van der Waals surface area contributed by atoms with Crippen LogP contribution in [0.2, 0.25) is 0 Å². The number of ether oxygens (including phenoxy) is 1. The van der Waals surface area contributed by atoms with E-state index in [1.165, 1.54) is 24.3 Å². The van der Waals surface area contributed by atoms with Crippen LogP contribution in [0.3, 0.4) is 0 Å². The predicted octanol–water partition coefficient (Wildman–Crippen LogP) is 4.38. The third-order valence-electron chi connectivity index (χ3n) is 3.92. The zero-order chi connectivity index (χ0) is 18.4. The largest absolute Gasteiger partial charge is 0.435 e. The molecule has 0 fully saturated rings. The summed E-state index contributed by atoms with van der Waals surface area (Å²) in [5.74, 6) is -0.197. The summed E-state index contributed by atoms with van der Waals surface area (Å²) in [5, 5.41) is 8.86. The summed E-state index contributed by atoms with van der Waals surface area (Å²) < 4.78 is 28.7. The Hall–Kier alpha value is -2.94. The van der Waals surface area contributed by atoms with Crippen LogP contribution in [0, 0.1) is 11.3 Å². The Balaban J connectivity index is 2.17. The first-order chi connectivity index (χ1) is 12.0. The molecule has 0 aliphatic carbocycles. The molecule has 0 N–H and O–H groups in total. The zero-order valence-corrected chi connectivity index (χ0v) is 13.9. The van der Waals surface area contributed by atoms with Crippen molar-refractivity contribution < 1.29 is 18.3 Å². The van der Waals surface area contributed by atoms with Gasteiger partial charge in [0.05, 0.1) is 17.7 Å². The molecule has 25 heavy (non-hydrogen) atoms. The number of benzene rings is 2. The minimum absolute atomic E-state index is 0.00902. The highest BCUT2D eigenvalue weighted by Gasteiger charge is 2.21. The normalized spacial score (nSPS) is 11.7. The van der Waals surface area contributed by atoms with Crippen LogP contribution in [0.25, 0.3) is 0 Å². The van der Waals surface area contributed by atoms with Gasteiger partial charge in [-0.15, -0.1) is 0 Å². The summed E-state index contributed by atoms with van der Waals surface area (Å²) in [5.41, 5.74) is 1.86. The van der Waals surface area contributed by atoms with Crippen molar-refractivity contribution in [2.75, 3.05) is 6.54 Å². The van der Waals surface area contributed by atoms with E-state index in [0.29, 0.717) is 17.7 Å². The van der Waals surface area contributed by atoms with Crippen LogP contribution in [0.1, 0.15) is 41.4 Å². The number of nitriles is 1. The molecule has 2 rings (SSSR count). The minimum Gasteiger partial charge on any atom is -0.435 e. The lowest BCUT2D eigenvalue weighted by atomic mass is 10.0. The molecule has 0 aliphatic heterocycles. The second-order valence-corrected chi connectivity index (χ2v) is 5.40. The molecule has 0 heterocycles. The number of nitrogens with zero attached hydrogens (tertiary/aromatic N) is 2. The molecule has 0 aliphatic rings. The number of halogens is 2. The monoisotopic (exact) mass is 344 g/mol. The van der Waals surface area contributed by atoms with Crippen molar-refractivity contribution in [1.29, 1.82) is 5.26 Å². The number of alkyl halides is 2. The minimum atomic E-state index is -2.90. The summed E-state index contributed by atoms with van der Waals surface area (Å²) in [6, 6.07) is 14.5. The van der Waals surface area contributed by atoms with E-state index < -0.39 is 6.61 Å². The lowest BCUT2D eigenvalue weighted by molar-refractivity contribution is -0.0498. The lowest BCUT2D eigenvalue weighted by Gasteiger charge is -2.28. The molecule has 2 aromatic rings. The fourth-order valence-corrected chi connectivity index (χ4v) is 2.55. The summed E-state index contributed by atoms with van der Waals surface area (Å²) in [7, 11) is 0. The Morgan fingerprint density at radius 1 is 1.16 bits per heavy atom. The van der Waals surface area contributed by atoms with Gasteiger partial charge >= 0.3 is 6.61 Å². The van der Waals surface area contributed by atoms with Gasteiger partial charge in [0.15, 0.2) is 0 Å². The van der Waals surface area contributed by atoms with Gasteiger partial charge in [-0.2, -0.15) is 14.0 Å². The summed E-state index contributed by atoms with van der Waals surface area (Å²) in [6.07, 6.45) is 0. The van der Waals surface area contributed by atoms with E-state index in [4.69, 9.17) is 5.26 Å². The molecule has 0 spiro atoms. The molecule has 2 aromatic carbocycles. The molecule has 0 bridgehead atoms. The van der Waals surface area contributed by atoms with E-state index in [2.05, 4.69) is 10.8 Å². The Kier molecular flexibility index (Phi) is 6.07. The molecule has 1 unspecified atom stereocenters. The maximum Gasteiger partial charge on any atom is 0.387 e. The fraction of sp³-hybridized carbons (Fsp3) is 0.263. The number of hydrogen-bond acceptors (Lipinski definition) is 3. The molecule has 0 saturated heterocycles. The molecule has 0 saturated carbocycles. The molecular formula is C19H18F2N2O2. The first kappa shape index (κ1) is 18.4. The quantitative estimate of drug-likeness (QED) is 0.781. The van der Waals surface area contributed by atoms with E-state index in [1.807, 2.05) is 26.0 Å². The van der Waals surface area contributed by atoms with Crippen molar-refractivity contribution in [3.63, 3.8) is 0 Å². The maximum atomic E-state index is 12.7. The van der Waals surface area contributed by atoms with Crippen molar-refractivity contribution in [3.8, 4) is 11.8 Å². The van der Waals surface area contributed by atoms with Gasteiger partial charge in [-0.1, -0.05) is 12.1 Å². The number of carbonyl (C=O) groups excluding carboxylic acids is 1. The van der Waals surface area contributed by atoms with Gasteiger partial charge in [-0.25, -0.2) is 0 Å². The van der Waals surface area contributed by atoms with Gasteiger partial charge in [0, 0.05) is 12.1 Å². The van der Waals surface area contributed by atoms with Gasteiger partial charge < -0.3 is 9.64 Å². The van der Waals surface area contributed by atoms with Crippen LogP contribution < -0.4 is 4.74 Å². The number of rotatable bonds is 6. The Morgan fingerprint density at radius 3 is 2.24 bits per heavy atom. The highest BCUT2D eigenvalue weighted by molar-refractivity contribution is 5.94. The Labute approximate surface area is 145 Å². The summed E-state index contributed by atoms with van der Waals surface area (Å²) in [6.45, 7) is 1.35. The van der Waals surface area contributed by atoms with Gasteiger partial charge in [0.2, 0.25) is 0 Å². The maximum absolute atomic E-state index is 12.7. The molecule has 130 valence electrons. The highest BCUT2D eigenvalue weighted by atomic mass is 19.3. The zero-order valence-electron chi connectivity index (χ0n) is 13.9. The number of hydrogen-bond donors (Lipinski definition) is 0. The van der Waals surface area contributed by atoms with Crippen molar-refractivity contribution >= 4 is 5.91 Å². The molecule has 1 amide bonds. The third kappa shape index (κ3) is 4.54. The predicted molar refractivity (Wildman–Crippen MR) is 89.4 cm³/mol.